The molecule has 5 heterocycles. The predicted octanol–water partition coefficient (Wildman–Crippen LogP) is 3.30. The second-order valence-electron chi connectivity index (χ2n) is 9.70. The van der Waals surface area contributed by atoms with Crippen LogP contribution in [0.2, 0.25) is 0 Å². The summed E-state index contributed by atoms with van der Waals surface area (Å²) < 4.78 is 1.74. The van der Waals surface area contributed by atoms with Crippen molar-refractivity contribution in [2.75, 3.05) is 31.1 Å². The quantitative estimate of drug-likeness (QED) is 0.452. The Bertz CT molecular complexity index is 1480. The van der Waals surface area contributed by atoms with Gasteiger partial charge in [0.15, 0.2) is 0 Å². The Balaban J connectivity index is 1.42. The SMILES string of the molecule is Cc1cc(-c2cc(-c3ccc(N4CCN(C(=O)[C@H](O)C(C)C)CC4)nc3)c3c(C#N)cnn3c2)ccn1. The minimum absolute atomic E-state index is 0.107. The van der Waals surface area contributed by atoms with Crippen LogP contribution in [0.15, 0.2) is 55.1 Å². The molecule has 4 aromatic heterocycles. The van der Waals surface area contributed by atoms with Gasteiger partial charge in [0, 0.05) is 67.2 Å². The van der Waals surface area contributed by atoms with Crippen molar-refractivity contribution >= 4 is 17.2 Å². The normalized spacial score (nSPS) is 14.7. The monoisotopic (exact) mass is 495 g/mol. The number of hydrogen-bond donors (Lipinski definition) is 1. The highest BCUT2D eigenvalue weighted by molar-refractivity contribution is 5.87. The van der Waals surface area contributed by atoms with E-state index in [2.05, 4.69) is 27.1 Å². The van der Waals surface area contributed by atoms with Gasteiger partial charge in [-0.25, -0.2) is 9.50 Å². The highest BCUT2D eigenvalue weighted by Crippen LogP contribution is 2.32. The third-order valence-electron chi connectivity index (χ3n) is 6.82. The molecule has 188 valence electrons. The molecule has 1 fully saturated rings. The number of pyridine rings is 3. The fourth-order valence-electron chi connectivity index (χ4n) is 4.67. The molecule has 0 spiro atoms. The van der Waals surface area contributed by atoms with E-state index >= 15 is 0 Å². The zero-order valence-electron chi connectivity index (χ0n) is 21.2. The maximum absolute atomic E-state index is 12.5. The van der Waals surface area contributed by atoms with Gasteiger partial charge in [0.25, 0.3) is 5.91 Å². The number of nitrogens with zero attached hydrogens (tertiary/aromatic N) is 7. The zero-order chi connectivity index (χ0) is 26.1. The average Bonchev–Trinajstić information content (AvgIpc) is 3.35. The lowest BCUT2D eigenvalue weighted by atomic mass is 10.00. The molecule has 0 bridgehead atoms. The number of piperazine rings is 1. The van der Waals surface area contributed by atoms with Crippen molar-refractivity contribution in [3.05, 3.63) is 66.4 Å². The van der Waals surface area contributed by atoms with Gasteiger partial charge < -0.3 is 14.9 Å². The Morgan fingerprint density at radius 2 is 1.81 bits per heavy atom. The Morgan fingerprint density at radius 1 is 1.03 bits per heavy atom. The van der Waals surface area contributed by atoms with Crippen molar-refractivity contribution in [1.29, 1.82) is 5.26 Å². The van der Waals surface area contributed by atoms with Crippen molar-refractivity contribution in [1.82, 2.24) is 24.5 Å². The summed E-state index contributed by atoms with van der Waals surface area (Å²) in [7, 11) is 0. The van der Waals surface area contributed by atoms with Crippen molar-refractivity contribution in [2.45, 2.75) is 26.9 Å². The standard InChI is InChI=1S/C28H29N7O2/c1-18(2)27(36)28(37)34-10-8-33(9-11-34)25-5-4-21(15-31-25)24-13-22(20-6-7-30-19(3)12-20)17-35-26(24)23(14-29)16-32-35/h4-7,12-13,15-18,27,36H,8-11H2,1-3H3/t27-/m1/s1. The summed E-state index contributed by atoms with van der Waals surface area (Å²) >= 11 is 0. The highest BCUT2D eigenvalue weighted by Gasteiger charge is 2.28. The first-order valence-electron chi connectivity index (χ1n) is 12.4. The average molecular weight is 496 g/mol. The Kier molecular flexibility index (Phi) is 6.59. The molecule has 37 heavy (non-hydrogen) atoms. The summed E-state index contributed by atoms with van der Waals surface area (Å²) in [5.74, 6) is 0.510. The fourth-order valence-corrected chi connectivity index (χ4v) is 4.67. The number of anilines is 1. The molecule has 9 nitrogen and oxygen atoms in total. The van der Waals surface area contributed by atoms with Crippen LogP contribution in [0.5, 0.6) is 0 Å². The van der Waals surface area contributed by atoms with E-state index < -0.39 is 6.10 Å². The van der Waals surface area contributed by atoms with Crippen LogP contribution in [0, 0.1) is 24.2 Å². The van der Waals surface area contributed by atoms with Gasteiger partial charge in [-0.15, -0.1) is 0 Å². The third-order valence-corrected chi connectivity index (χ3v) is 6.82. The van der Waals surface area contributed by atoms with Gasteiger partial charge in [0.05, 0.1) is 17.3 Å². The minimum Gasteiger partial charge on any atom is -0.383 e. The number of rotatable bonds is 5. The van der Waals surface area contributed by atoms with Crippen LogP contribution in [0.1, 0.15) is 25.1 Å². The Labute approximate surface area is 215 Å². The van der Waals surface area contributed by atoms with Crippen molar-refractivity contribution in [3.8, 4) is 28.3 Å². The molecule has 0 aromatic carbocycles. The molecule has 1 aliphatic heterocycles. The summed E-state index contributed by atoms with van der Waals surface area (Å²) in [6, 6.07) is 12.3. The largest absolute Gasteiger partial charge is 0.383 e. The number of nitriles is 1. The molecular formula is C28H29N7O2. The molecular weight excluding hydrogens is 466 g/mol. The molecule has 1 atom stereocenters. The van der Waals surface area contributed by atoms with E-state index in [-0.39, 0.29) is 11.8 Å². The van der Waals surface area contributed by atoms with E-state index in [1.165, 1.54) is 0 Å². The molecule has 1 amide bonds. The minimum atomic E-state index is -0.963. The van der Waals surface area contributed by atoms with Gasteiger partial charge in [-0.2, -0.15) is 10.4 Å². The van der Waals surface area contributed by atoms with Gasteiger partial charge in [-0.3, -0.25) is 9.78 Å². The lowest BCUT2D eigenvalue weighted by Crippen LogP contribution is -2.52. The van der Waals surface area contributed by atoms with E-state index in [4.69, 9.17) is 4.98 Å². The maximum atomic E-state index is 12.5. The van der Waals surface area contributed by atoms with E-state index in [9.17, 15) is 15.2 Å². The van der Waals surface area contributed by atoms with Crippen LogP contribution < -0.4 is 4.90 Å². The smallest absolute Gasteiger partial charge is 0.251 e. The maximum Gasteiger partial charge on any atom is 0.251 e. The molecule has 5 rings (SSSR count). The topological polar surface area (TPSA) is 111 Å². The second-order valence-corrected chi connectivity index (χ2v) is 9.70. The predicted molar refractivity (Wildman–Crippen MR) is 141 cm³/mol. The van der Waals surface area contributed by atoms with E-state index in [1.54, 1.807) is 21.8 Å². The van der Waals surface area contributed by atoms with Crippen molar-refractivity contribution in [3.63, 3.8) is 0 Å². The van der Waals surface area contributed by atoms with Crippen molar-refractivity contribution < 1.29 is 9.90 Å². The number of hydrogen-bond acceptors (Lipinski definition) is 7. The number of amides is 1. The first kappa shape index (κ1) is 24.4. The number of carbonyl (C=O) groups excluding carboxylic acids is 1. The van der Waals surface area contributed by atoms with Crippen molar-refractivity contribution in [2.24, 2.45) is 5.92 Å². The molecule has 1 N–H and O–H groups in total. The molecule has 0 saturated carbocycles. The first-order valence-corrected chi connectivity index (χ1v) is 12.4. The number of aliphatic hydroxyl groups excluding tert-OH is 1. The number of aromatic nitrogens is 4. The number of fused-ring (bicyclic) bond motifs is 1. The summed E-state index contributed by atoms with van der Waals surface area (Å²) in [6.45, 7) is 8.01. The lowest BCUT2D eigenvalue weighted by molar-refractivity contribution is -0.142. The fraction of sp³-hybridized carbons (Fsp3) is 0.321. The Morgan fingerprint density at radius 3 is 2.46 bits per heavy atom. The zero-order valence-corrected chi connectivity index (χ0v) is 21.2. The highest BCUT2D eigenvalue weighted by atomic mass is 16.3. The third kappa shape index (κ3) is 4.76. The molecule has 0 aliphatic carbocycles. The molecule has 4 aromatic rings. The van der Waals surface area contributed by atoms with Gasteiger partial charge in [0.1, 0.15) is 18.0 Å². The number of aryl methyl sites for hydroxylation is 1. The summed E-state index contributed by atoms with van der Waals surface area (Å²) in [5.41, 5.74) is 5.90. The molecule has 9 heteroatoms. The van der Waals surface area contributed by atoms with E-state index in [0.717, 1.165) is 39.3 Å². The van der Waals surface area contributed by atoms with E-state index in [1.807, 2.05) is 57.4 Å². The Hall–Kier alpha value is -4.29. The van der Waals surface area contributed by atoms with Gasteiger partial charge in [-0.1, -0.05) is 13.8 Å². The number of aliphatic hydroxyl groups is 1. The van der Waals surface area contributed by atoms with Crippen LogP contribution in [-0.2, 0) is 4.79 Å². The van der Waals surface area contributed by atoms with Crippen LogP contribution in [0.4, 0.5) is 5.82 Å². The second kappa shape index (κ2) is 9.99. The molecule has 0 radical (unpaired) electrons. The lowest BCUT2D eigenvalue weighted by Gasteiger charge is -2.36. The summed E-state index contributed by atoms with van der Waals surface area (Å²) in [5, 5.41) is 24.2. The van der Waals surface area contributed by atoms with Gasteiger partial charge in [-0.05, 0) is 48.7 Å². The van der Waals surface area contributed by atoms with Crippen LogP contribution >= 0.6 is 0 Å². The summed E-state index contributed by atoms with van der Waals surface area (Å²) in [4.78, 5) is 25.4. The summed E-state index contributed by atoms with van der Waals surface area (Å²) in [6.07, 6.45) is 6.15. The van der Waals surface area contributed by atoms with Crippen LogP contribution in [0.3, 0.4) is 0 Å². The number of carbonyl (C=O) groups is 1. The van der Waals surface area contributed by atoms with Crippen LogP contribution in [0.25, 0.3) is 27.8 Å². The van der Waals surface area contributed by atoms with Gasteiger partial charge >= 0.3 is 0 Å². The first-order chi connectivity index (χ1) is 17.9. The molecule has 1 aliphatic rings. The van der Waals surface area contributed by atoms with Gasteiger partial charge in [0.2, 0.25) is 0 Å². The van der Waals surface area contributed by atoms with E-state index in [0.29, 0.717) is 31.7 Å². The molecule has 0 unspecified atom stereocenters. The molecule has 1 saturated heterocycles. The van der Waals surface area contributed by atoms with Crippen LogP contribution in [-0.4, -0.2) is 67.8 Å².